The molecule has 0 fully saturated rings. The van der Waals surface area contributed by atoms with Gasteiger partial charge in [-0.25, -0.2) is 5.43 Å². The Kier molecular flexibility index (Phi) is 4.41. The predicted molar refractivity (Wildman–Crippen MR) is 88.8 cm³/mol. The molecule has 0 aromatic heterocycles. The summed E-state index contributed by atoms with van der Waals surface area (Å²) in [6.07, 6.45) is 1.43. The van der Waals surface area contributed by atoms with E-state index in [9.17, 15) is 4.79 Å². The minimum absolute atomic E-state index is 0.162. The Balaban J connectivity index is 1.73. The highest BCUT2D eigenvalue weighted by molar-refractivity contribution is 6.34. The summed E-state index contributed by atoms with van der Waals surface area (Å²) in [5.41, 5.74) is 4.35. The summed E-state index contributed by atoms with van der Waals surface area (Å²) < 4.78 is 10.5. The topological polar surface area (TPSA) is 59.9 Å². The molecule has 23 heavy (non-hydrogen) atoms. The monoisotopic (exact) mass is 350 g/mol. The van der Waals surface area contributed by atoms with E-state index in [4.69, 9.17) is 32.7 Å². The van der Waals surface area contributed by atoms with Gasteiger partial charge < -0.3 is 9.47 Å². The van der Waals surface area contributed by atoms with Gasteiger partial charge in [-0.15, -0.1) is 0 Å². The van der Waals surface area contributed by atoms with Crippen molar-refractivity contribution in [3.63, 3.8) is 0 Å². The van der Waals surface area contributed by atoms with Gasteiger partial charge in [0, 0.05) is 11.6 Å². The van der Waals surface area contributed by atoms with Crippen LogP contribution in [0.1, 0.15) is 21.5 Å². The summed E-state index contributed by atoms with van der Waals surface area (Å²) in [4.78, 5) is 12.1. The maximum Gasteiger partial charge on any atom is 0.272 e. The first-order chi connectivity index (χ1) is 11.0. The molecule has 0 saturated carbocycles. The molecular weight excluding hydrogens is 339 g/mol. The fourth-order valence-corrected chi connectivity index (χ4v) is 2.58. The highest BCUT2D eigenvalue weighted by Gasteiger charge is 2.16. The van der Waals surface area contributed by atoms with Crippen LogP contribution in [-0.2, 0) is 0 Å². The molecule has 1 aliphatic rings. The molecule has 1 aliphatic heterocycles. The second-order valence-electron chi connectivity index (χ2n) is 4.91. The Morgan fingerprint density at radius 1 is 1.17 bits per heavy atom. The van der Waals surface area contributed by atoms with Gasteiger partial charge >= 0.3 is 0 Å². The Morgan fingerprint density at radius 2 is 1.91 bits per heavy atom. The number of nitrogens with one attached hydrogen (secondary N) is 1. The summed E-state index contributed by atoms with van der Waals surface area (Å²) in [6.45, 7) is 2.06. The van der Waals surface area contributed by atoms with Crippen LogP contribution in [-0.4, -0.2) is 18.9 Å². The average Bonchev–Trinajstić information content (AvgIpc) is 2.94. The Morgan fingerprint density at radius 3 is 2.65 bits per heavy atom. The van der Waals surface area contributed by atoms with E-state index >= 15 is 0 Å². The number of halogens is 2. The third-order valence-corrected chi connectivity index (χ3v) is 3.87. The van der Waals surface area contributed by atoms with Crippen LogP contribution in [0.25, 0.3) is 0 Å². The Labute approximate surface area is 142 Å². The number of fused-ring (bicyclic) bond motifs is 1. The second kappa shape index (κ2) is 6.48. The molecule has 0 radical (unpaired) electrons. The molecule has 0 aliphatic carbocycles. The van der Waals surface area contributed by atoms with Gasteiger partial charge in [0.25, 0.3) is 5.91 Å². The van der Waals surface area contributed by atoms with Crippen molar-refractivity contribution in [2.24, 2.45) is 5.10 Å². The fraction of sp³-hybridized carbons (Fsp3) is 0.125. The molecule has 1 heterocycles. The number of amides is 1. The third-order valence-electron chi connectivity index (χ3n) is 3.23. The van der Waals surface area contributed by atoms with Gasteiger partial charge in [0.05, 0.1) is 21.8 Å². The van der Waals surface area contributed by atoms with Gasteiger partial charge in [-0.3, -0.25) is 4.79 Å². The van der Waals surface area contributed by atoms with E-state index in [0.29, 0.717) is 32.7 Å². The first kappa shape index (κ1) is 15.6. The molecule has 0 unspecified atom stereocenters. The highest BCUT2D eigenvalue weighted by Crippen LogP contribution is 2.36. The summed E-state index contributed by atoms with van der Waals surface area (Å²) >= 11 is 12.2. The lowest BCUT2D eigenvalue weighted by molar-refractivity contribution is 0.0955. The van der Waals surface area contributed by atoms with Crippen LogP contribution in [0.5, 0.6) is 11.5 Å². The van der Waals surface area contributed by atoms with Crippen molar-refractivity contribution in [2.75, 3.05) is 6.79 Å². The Bertz CT molecular complexity index is 806. The zero-order valence-corrected chi connectivity index (χ0v) is 13.6. The van der Waals surface area contributed by atoms with Crippen molar-refractivity contribution in [3.05, 3.63) is 57.1 Å². The van der Waals surface area contributed by atoms with Crippen molar-refractivity contribution in [1.29, 1.82) is 0 Å². The molecule has 2 aromatic carbocycles. The normalized spacial score (nSPS) is 12.7. The summed E-state index contributed by atoms with van der Waals surface area (Å²) in [5.74, 6) is 0.773. The molecule has 3 rings (SSSR count). The maximum absolute atomic E-state index is 12.1. The van der Waals surface area contributed by atoms with Crippen molar-refractivity contribution < 1.29 is 14.3 Å². The van der Waals surface area contributed by atoms with Gasteiger partial charge in [-0.1, -0.05) is 29.3 Å². The summed E-state index contributed by atoms with van der Waals surface area (Å²) in [7, 11) is 0. The number of aryl methyl sites for hydroxylation is 1. The van der Waals surface area contributed by atoms with E-state index in [1.165, 1.54) is 6.21 Å². The molecule has 7 heteroatoms. The van der Waals surface area contributed by atoms with Crippen molar-refractivity contribution in [3.8, 4) is 11.5 Å². The number of carbonyl (C=O) groups excluding carboxylic acids is 1. The van der Waals surface area contributed by atoms with Crippen molar-refractivity contribution >= 4 is 35.3 Å². The van der Waals surface area contributed by atoms with E-state index in [1.807, 2.05) is 6.92 Å². The van der Waals surface area contributed by atoms with Crippen LogP contribution >= 0.6 is 23.2 Å². The quantitative estimate of drug-likeness (QED) is 0.676. The lowest BCUT2D eigenvalue weighted by atomic mass is 10.1. The lowest BCUT2D eigenvalue weighted by Crippen LogP contribution is -2.18. The minimum atomic E-state index is -0.400. The first-order valence-electron chi connectivity index (χ1n) is 6.73. The van der Waals surface area contributed by atoms with Crippen LogP contribution in [0, 0.1) is 6.92 Å². The summed E-state index contributed by atoms with van der Waals surface area (Å²) in [6, 6.07) is 8.51. The number of hydrogen-bond acceptors (Lipinski definition) is 4. The Hall–Kier alpha value is -2.24. The third kappa shape index (κ3) is 3.41. The van der Waals surface area contributed by atoms with E-state index in [2.05, 4.69) is 10.5 Å². The number of ether oxygens (including phenoxy) is 2. The van der Waals surface area contributed by atoms with Gasteiger partial charge in [0.1, 0.15) is 0 Å². The molecule has 0 spiro atoms. The molecular formula is C16H12Cl2N2O3. The van der Waals surface area contributed by atoms with Crippen LogP contribution < -0.4 is 14.9 Å². The number of benzene rings is 2. The van der Waals surface area contributed by atoms with E-state index in [1.54, 1.807) is 30.3 Å². The maximum atomic E-state index is 12.1. The second-order valence-corrected chi connectivity index (χ2v) is 5.72. The van der Waals surface area contributed by atoms with Gasteiger partial charge in [-0.05, 0) is 30.7 Å². The van der Waals surface area contributed by atoms with Crippen molar-refractivity contribution in [2.45, 2.75) is 6.92 Å². The van der Waals surface area contributed by atoms with E-state index < -0.39 is 5.91 Å². The number of rotatable bonds is 3. The minimum Gasteiger partial charge on any atom is -0.454 e. The van der Waals surface area contributed by atoms with Gasteiger partial charge in [0.15, 0.2) is 11.5 Å². The SMILES string of the molecule is Cc1ccc(C(=O)N/N=C\c2cc3c(cc2Cl)OCO3)c(Cl)c1. The number of nitrogens with zero attached hydrogens (tertiary/aromatic N) is 1. The van der Waals surface area contributed by atoms with Crippen LogP contribution in [0.15, 0.2) is 35.4 Å². The van der Waals surface area contributed by atoms with E-state index in [-0.39, 0.29) is 6.79 Å². The molecule has 118 valence electrons. The molecule has 1 amide bonds. The molecule has 5 nitrogen and oxygen atoms in total. The lowest BCUT2D eigenvalue weighted by Gasteiger charge is -2.04. The van der Waals surface area contributed by atoms with Crippen LogP contribution in [0.3, 0.4) is 0 Å². The number of hydrazone groups is 1. The van der Waals surface area contributed by atoms with E-state index in [0.717, 1.165) is 5.56 Å². The fourth-order valence-electron chi connectivity index (χ4n) is 2.06. The average molecular weight is 351 g/mol. The zero-order chi connectivity index (χ0) is 16.4. The number of hydrogen-bond donors (Lipinski definition) is 1. The predicted octanol–water partition coefficient (Wildman–Crippen LogP) is 3.79. The molecule has 1 N–H and O–H groups in total. The zero-order valence-electron chi connectivity index (χ0n) is 12.1. The van der Waals surface area contributed by atoms with Crippen LogP contribution in [0.2, 0.25) is 10.0 Å². The molecule has 0 atom stereocenters. The molecule has 0 bridgehead atoms. The smallest absolute Gasteiger partial charge is 0.272 e. The van der Waals surface area contributed by atoms with Crippen molar-refractivity contribution in [1.82, 2.24) is 5.43 Å². The van der Waals surface area contributed by atoms with Crippen LogP contribution in [0.4, 0.5) is 0 Å². The standard InChI is InChI=1S/C16H12Cl2N2O3/c1-9-2-3-11(13(18)4-9)16(21)20-19-7-10-5-14-15(6-12(10)17)23-8-22-14/h2-7H,8H2,1H3,(H,20,21)/b19-7-. The molecule has 0 saturated heterocycles. The van der Waals surface area contributed by atoms with Gasteiger partial charge in [-0.2, -0.15) is 5.10 Å². The highest BCUT2D eigenvalue weighted by atomic mass is 35.5. The largest absolute Gasteiger partial charge is 0.454 e. The first-order valence-corrected chi connectivity index (χ1v) is 7.49. The molecule has 2 aromatic rings. The summed E-state index contributed by atoms with van der Waals surface area (Å²) in [5, 5.41) is 4.72. The van der Waals surface area contributed by atoms with Gasteiger partial charge in [0.2, 0.25) is 6.79 Å². The number of carbonyl (C=O) groups is 1.